The molecule has 0 amide bonds. The van der Waals surface area contributed by atoms with E-state index in [4.69, 9.17) is 4.98 Å². The zero-order valence-corrected chi connectivity index (χ0v) is 27.0. The molecule has 0 aliphatic heterocycles. The van der Waals surface area contributed by atoms with Gasteiger partial charge in [0, 0.05) is 22.1 Å². The fourth-order valence-corrected chi connectivity index (χ4v) is 7.91. The lowest BCUT2D eigenvalue weighted by atomic mass is 9.84. The van der Waals surface area contributed by atoms with Crippen LogP contribution in [0.1, 0.15) is 33.4 Å². The van der Waals surface area contributed by atoms with Crippen molar-refractivity contribution in [3.05, 3.63) is 173 Å². The van der Waals surface area contributed by atoms with E-state index in [2.05, 4.69) is 156 Å². The Morgan fingerprint density at radius 2 is 1.15 bits per heavy atom. The van der Waals surface area contributed by atoms with Crippen LogP contribution in [0.25, 0.3) is 66.1 Å². The van der Waals surface area contributed by atoms with Crippen molar-refractivity contribution in [3.63, 3.8) is 0 Å². The number of hydrogen-bond acceptors (Lipinski definition) is 1. The fourth-order valence-electron chi connectivity index (χ4n) is 7.91. The highest BCUT2D eigenvalue weighted by atomic mass is 15.0. The zero-order chi connectivity index (χ0) is 31.9. The lowest BCUT2D eigenvalue weighted by Crippen LogP contribution is -2.08. The van der Waals surface area contributed by atoms with E-state index in [9.17, 15) is 0 Å². The topological polar surface area (TPSA) is 22.8 Å². The van der Waals surface area contributed by atoms with Crippen molar-refractivity contribution in [1.29, 1.82) is 0 Å². The quantitative estimate of drug-likeness (QED) is 0.194. The standard InChI is InChI=1S/C45H33N3/c1-28-8-15-43-40(18-28)41-19-29(2)9-16-44(41)48(43)39-14-11-32-21-34-22-36-24-38(13-10-31(36)20-35(34)23-37(32)25-39)47-27-46-42-26-33(12-17-45(42)47)30-6-4-3-5-7-30/h3-20,22,24-27H,21,23H2,1-2H3. The van der Waals surface area contributed by atoms with Gasteiger partial charge in [-0.2, -0.15) is 0 Å². The van der Waals surface area contributed by atoms with Gasteiger partial charge in [0.2, 0.25) is 0 Å². The summed E-state index contributed by atoms with van der Waals surface area (Å²) in [5.74, 6) is 0. The summed E-state index contributed by atoms with van der Waals surface area (Å²) >= 11 is 0. The molecule has 9 aromatic rings. The largest absolute Gasteiger partial charge is 0.309 e. The summed E-state index contributed by atoms with van der Waals surface area (Å²) in [5.41, 5.74) is 17.7. The highest BCUT2D eigenvalue weighted by Crippen LogP contribution is 2.37. The third kappa shape index (κ3) is 4.24. The SMILES string of the molecule is Cc1ccc2c(c1)c1cc(C)ccc1n2-c1ccc2c(c1)Cc1cc3ccc(-n4cnc5cc(-c6ccccc6)ccc54)cc3cc1C2. The van der Waals surface area contributed by atoms with Crippen LogP contribution in [-0.2, 0) is 12.8 Å². The number of aryl methyl sites for hydroxylation is 2. The van der Waals surface area contributed by atoms with Gasteiger partial charge in [0.1, 0.15) is 6.33 Å². The van der Waals surface area contributed by atoms with Gasteiger partial charge < -0.3 is 4.57 Å². The molecule has 2 aromatic heterocycles. The lowest BCUT2D eigenvalue weighted by molar-refractivity contribution is 0.997. The van der Waals surface area contributed by atoms with Crippen molar-refractivity contribution >= 4 is 43.6 Å². The molecule has 3 nitrogen and oxygen atoms in total. The summed E-state index contributed by atoms with van der Waals surface area (Å²) in [6.45, 7) is 4.36. The highest BCUT2D eigenvalue weighted by molar-refractivity contribution is 6.09. The average molecular weight is 616 g/mol. The molecule has 1 aliphatic carbocycles. The van der Waals surface area contributed by atoms with Gasteiger partial charge in [-0.05, 0) is 132 Å². The van der Waals surface area contributed by atoms with E-state index in [1.165, 1.54) is 82.8 Å². The van der Waals surface area contributed by atoms with Crippen LogP contribution in [0.15, 0.2) is 140 Å². The van der Waals surface area contributed by atoms with Crippen molar-refractivity contribution in [3.8, 4) is 22.5 Å². The van der Waals surface area contributed by atoms with E-state index < -0.39 is 0 Å². The van der Waals surface area contributed by atoms with Crippen molar-refractivity contribution in [2.24, 2.45) is 0 Å². The maximum atomic E-state index is 4.78. The lowest BCUT2D eigenvalue weighted by Gasteiger charge is -2.22. The van der Waals surface area contributed by atoms with Crippen LogP contribution in [0, 0.1) is 13.8 Å². The van der Waals surface area contributed by atoms with E-state index >= 15 is 0 Å². The van der Waals surface area contributed by atoms with Crippen LogP contribution in [-0.4, -0.2) is 14.1 Å². The molecule has 0 saturated heterocycles. The van der Waals surface area contributed by atoms with E-state index in [1.807, 2.05) is 6.33 Å². The number of nitrogens with zero attached hydrogens (tertiary/aromatic N) is 3. The fraction of sp³-hybridized carbons (Fsp3) is 0.0889. The highest BCUT2D eigenvalue weighted by Gasteiger charge is 2.19. The summed E-state index contributed by atoms with van der Waals surface area (Å²) in [6.07, 6.45) is 3.85. The van der Waals surface area contributed by atoms with E-state index in [1.54, 1.807) is 0 Å². The molecule has 0 bridgehead atoms. The van der Waals surface area contributed by atoms with Gasteiger partial charge in [0.15, 0.2) is 0 Å². The van der Waals surface area contributed by atoms with E-state index in [-0.39, 0.29) is 0 Å². The predicted octanol–water partition coefficient (Wildman–Crippen LogP) is 11.1. The molecule has 3 heteroatoms. The molecule has 0 spiro atoms. The number of aromatic nitrogens is 3. The number of fused-ring (bicyclic) bond motifs is 7. The molecule has 10 rings (SSSR count). The Kier molecular flexibility index (Phi) is 5.83. The monoisotopic (exact) mass is 615 g/mol. The Morgan fingerprint density at radius 1 is 0.479 bits per heavy atom. The third-order valence-corrected chi connectivity index (χ3v) is 10.4. The van der Waals surface area contributed by atoms with Crippen molar-refractivity contribution in [1.82, 2.24) is 14.1 Å². The first-order valence-corrected chi connectivity index (χ1v) is 16.8. The molecule has 1 aliphatic rings. The van der Waals surface area contributed by atoms with Gasteiger partial charge in [-0.1, -0.05) is 83.9 Å². The molecule has 0 saturated carbocycles. The molecule has 0 unspecified atom stereocenters. The van der Waals surface area contributed by atoms with Crippen LogP contribution in [0.5, 0.6) is 0 Å². The molecule has 0 fully saturated rings. The van der Waals surface area contributed by atoms with E-state index in [0.29, 0.717) is 0 Å². The maximum absolute atomic E-state index is 4.78. The maximum Gasteiger partial charge on any atom is 0.100 e. The first-order valence-electron chi connectivity index (χ1n) is 16.8. The first kappa shape index (κ1) is 27.2. The van der Waals surface area contributed by atoms with Gasteiger partial charge in [-0.3, -0.25) is 4.57 Å². The summed E-state index contributed by atoms with van der Waals surface area (Å²) in [4.78, 5) is 4.78. The summed E-state index contributed by atoms with van der Waals surface area (Å²) < 4.78 is 4.65. The minimum absolute atomic E-state index is 0.946. The predicted molar refractivity (Wildman–Crippen MR) is 200 cm³/mol. The third-order valence-electron chi connectivity index (χ3n) is 10.4. The number of imidazole rings is 1. The van der Waals surface area contributed by atoms with Crippen LogP contribution in [0.4, 0.5) is 0 Å². The van der Waals surface area contributed by atoms with Gasteiger partial charge in [-0.15, -0.1) is 0 Å². The molecular weight excluding hydrogens is 583 g/mol. The number of rotatable bonds is 3. The van der Waals surface area contributed by atoms with Gasteiger partial charge in [-0.25, -0.2) is 4.98 Å². The Morgan fingerprint density at radius 3 is 1.92 bits per heavy atom. The molecule has 228 valence electrons. The van der Waals surface area contributed by atoms with Crippen LogP contribution in [0.2, 0.25) is 0 Å². The van der Waals surface area contributed by atoms with Crippen LogP contribution < -0.4 is 0 Å². The first-order chi connectivity index (χ1) is 23.6. The van der Waals surface area contributed by atoms with Gasteiger partial charge in [0.05, 0.1) is 22.1 Å². The Labute approximate surface area is 279 Å². The number of hydrogen-bond donors (Lipinski definition) is 0. The molecule has 2 heterocycles. The van der Waals surface area contributed by atoms with Gasteiger partial charge >= 0.3 is 0 Å². The molecular formula is C45H33N3. The van der Waals surface area contributed by atoms with Crippen LogP contribution >= 0.6 is 0 Å². The minimum atomic E-state index is 0.946. The van der Waals surface area contributed by atoms with Crippen molar-refractivity contribution in [2.75, 3.05) is 0 Å². The molecule has 0 N–H and O–H groups in total. The second-order valence-electron chi connectivity index (χ2n) is 13.5. The second kappa shape index (κ2) is 10.3. The molecule has 7 aromatic carbocycles. The summed E-state index contributed by atoms with van der Waals surface area (Å²) in [7, 11) is 0. The van der Waals surface area contributed by atoms with E-state index in [0.717, 1.165) is 29.6 Å². The smallest absolute Gasteiger partial charge is 0.100 e. The van der Waals surface area contributed by atoms with Crippen molar-refractivity contribution < 1.29 is 0 Å². The summed E-state index contributed by atoms with van der Waals surface area (Å²) in [6, 6.07) is 49.5. The Bertz CT molecular complexity index is 2680. The summed E-state index contributed by atoms with van der Waals surface area (Å²) in [5, 5.41) is 5.19. The zero-order valence-electron chi connectivity index (χ0n) is 27.0. The molecule has 0 radical (unpaired) electrons. The Hall–Kier alpha value is -5.93. The molecule has 0 atom stereocenters. The number of benzene rings is 7. The minimum Gasteiger partial charge on any atom is -0.309 e. The van der Waals surface area contributed by atoms with Crippen LogP contribution in [0.3, 0.4) is 0 Å². The van der Waals surface area contributed by atoms with Crippen molar-refractivity contribution in [2.45, 2.75) is 26.7 Å². The normalized spacial score (nSPS) is 12.6. The van der Waals surface area contributed by atoms with Gasteiger partial charge in [0.25, 0.3) is 0 Å². The Balaban J connectivity index is 1.01. The molecule has 48 heavy (non-hydrogen) atoms. The average Bonchev–Trinajstić information content (AvgIpc) is 3.68. The second-order valence-corrected chi connectivity index (χ2v) is 13.5.